The van der Waals surface area contributed by atoms with Crippen LogP contribution in [-0.4, -0.2) is 47.9 Å². The van der Waals surface area contributed by atoms with Crippen LogP contribution in [0.1, 0.15) is 25.0 Å². The predicted octanol–water partition coefficient (Wildman–Crippen LogP) is 3.07. The molecule has 1 saturated heterocycles. The third-order valence-corrected chi connectivity index (χ3v) is 5.17. The van der Waals surface area contributed by atoms with Crippen molar-refractivity contribution in [2.75, 3.05) is 38.1 Å². The highest BCUT2D eigenvalue weighted by Crippen LogP contribution is 2.28. The molecule has 2 aromatic rings. The van der Waals surface area contributed by atoms with Gasteiger partial charge in [-0.1, -0.05) is 26.0 Å². The predicted molar refractivity (Wildman–Crippen MR) is 108 cm³/mol. The molecule has 0 atom stereocenters. The summed E-state index contributed by atoms with van der Waals surface area (Å²) in [4.78, 5) is 17.6. The number of anilines is 1. The lowest BCUT2D eigenvalue weighted by Crippen LogP contribution is -2.47. The van der Waals surface area contributed by atoms with Crippen molar-refractivity contribution in [3.63, 3.8) is 0 Å². The second-order valence-electron chi connectivity index (χ2n) is 7.96. The monoisotopic (exact) mass is 372 g/mol. The molecule has 0 aliphatic carbocycles. The normalized spacial score (nSPS) is 15.6. The smallest absolute Gasteiger partial charge is 0.290 e. The van der Waals surface area contributed by atoms with E-state index >= 15 is 0 Å². The second kappa shape index (κ2) is 7.80. The number of hydrogen-bond donors (Lipinski definition) is 0. The Morgan fingerprint density at radius 2 is 1.81 bits per heavy atom. The van der Waals surface area contributed by atoms with Crippen molar-refractivity contribution in [3.05, 3.63) is 45.5 Å². The molecule has 27 heavy (non-hydrogen) atoms. The summed E-state index contributed by atoms with van der Waals surface area (Å²) in [6.07, 6.45) is 0. The van der Waals surface area contributed by atoms with E-state index in [4.69, 9.17) is 0 Å². The molecule has 146 valence electrons. The SMILES string of the molecule is Cc1ccc(-c2nn(CC(C)C)c(=O)c(N3CCN(C)CC3)c2C)cc1F. The summed E-state index contributed by atoms with van der Waals surface area (Å²) < 4.78 is 15.7. The molecule has 1 fully saturated rings. The molecule has 0 N–H and O–H groups in total. The van der Waals surface area contributed by atoms with Crippen molar-refractivity contribution in [2.45, 2.75) is 34.2 Å². The van der Waals surface area contributed by atoms with E-state index in [9.17, 15) is 9.18 Å². The maximum atomic E-state index is 14.2. The molecule has 5 nitrogen and oxygen atoms in total. The van der Waals surface area contributed by atoms with Crippen LogP contribution in [0.5, 0.6) is 0 Å². The first-order chi connectivity index (χ1) is 12.8. The van der Waals surface area contributed by atoms with Gasteiger partial charge in [0.15, 0.2) is 0 Å². The van der Waals surface area contributed by atoms with Gasteiger partial charge in [-0.15, -0.1) is 0 Å². The molecule has 1 aliphatic heterocycles. The Hall–Kier alpha value is -2.21. The van der Waals surface area contributed by atoms with Crippen molar-refractivity contribution in [2.24, 2.45) is 5.92 Å². The number of rotatable bonds is 4. The molecule has 0 spiro atoms. The number of hydrogen-bond acceptors (Lipinski definition) is 4. The van der Waals surface area contributed by atoms with Crippen LogP contribution in [0, 0.1) is 25.6 Å². The van der Waals surface area contributed by atoms with Crippen molar-refractivity contribution in [3.8, 4) is 11.3 Å². The first-order valence-corrected chi connectivity index (χ1v) is 9.59. The molecule has 6 heteroatoms. The van der Waals surface area contributed by atoms with Gasteiger partial charge in [0.1, 0.15) is 11.5 Å². The van der Waals surface area contributed by atoms with E-state index in [-0.39, 0.29) is 11.4 Å². The van der Waals surface area contributed by atoms with Crippen LogP contribution in [0.15, 0.2) is 23.0 Å². The van der Waals surface area contributed by atoms with Crippen LogP contribution in [0.25, 0.3) is 11.3 Å². The van der Waals surface area contributed by atoms with Gasteiger partial charge in [0.05, 0.1) is 5.69 Å². The fraction of sp³-hybridized carbons (Fsp3) is 0.524. The lowest BCUT2D eigenvalue weighted by Gasteiger charge is -2.34. The van der Waals surface area contributed by atoms with E-state index < -0.39 is 0 Å². The first-order valence-electron chi connectivity index (χ1n) is 9.59. The lowest BCUT2D eigenvalue weighted by atomic mass is 10.0. The van der Waals surface area contributed by atoms with Gasteiger partial charge in [-0.2, -0.15) is 5.10 Å². The topological polar surface area (TPSA) is 41.4 Å². The molecular weight excluding hydrogens is 343 g/mol. The summed E-state index contributed by atoms with van der Waals surface area (Å²) in [6.45, 7) is 11.8. The number of likely N-dealkylation sites (N-methyl/N-ethyl adjacent to an activating group) is 1. The van der Waals surface area contributed by atoms with Gasteiger partial charge in [-0.25, -0.2) is 9.07 Å². The Morgan fingerprint density at radius 3 is 2.41 bits per heavy atom. The van der Waals surface area contributed by atoms with E-state index in [1.54, 1.807) is 17.7 Å². The van der Waals surface area contributed by atoms with Gasteiger partial charge in [0.2, 0.25) is 0 Å². The van der Waals surface area contributed by atoms with Crippen molar-refractivity contribution >= 4 is 5.69 Å². The Balaban J connectivity index is 2.16. The van der Waals surface area contributed by atoms with Crippen LogP contribution >= 0.6 is 0 Å². The number of benzene rings is 1. The van der Waals surface area contributed by atoms with Gasteiger partial charge in [0, 0.05) is 43.9 Å². The molecule has 0 saturated carbocycles. The summed E-state index contributed by atoms with van der Waals surface area (Å²) in [6, 6.07) is 5.16. The average Bonchev–Trinajstić information content (AvgIpc) is 2.61. The number of halogens is 1. The maximum absolute atomic E-state index is 14.2. The zero-order valence-corrected chi connectivity index (χ0v) is 16.9. The summed E-state index contributed by atoms with van der Waals surface area (Å²) >= 11 is 0. The van der Waals surface area contributed by atoms with E-state index in [1.807, 2.05) is 13.0 Å². The second-order valence-corrected chi connectivity index (χ2v) is 7.96. The van der Waals surface area contributed by atoms with Crippen molar-refractivity contribution in [1.82, 2.24) is 14.7 Å². The Bertz CT molecular complexity index is 882. The number of aromatic nitrogens is 2. The van der Waals surface area contributed by atoms with E-state index in [2.05, 4.69) is 35.8 Å². The summed E-state index contributed by atoms with van der Waals surface area (Å²) in [7, 11) is 2.09. The van der Waals surface area contributed by atoms with Gasteiger partial charge in [0.25, 0.3) is 5.56 Å². The lowest BCUT2D eigenvalue weighted by molar-refractivity contribution is 0.312. The highest BCUT2D eigenvalue weighted by atomic mass is 19.1. The fourth-order valence-electron chi connectivity index (χ4n) is 3.52. The third kappa shape index (κ3) is 4.05. The maximum Gasteiger partial charge on any atom is 0.290 e. The van der Waals surface area contributed by atoms with Crippen LogP contribution in [0.2, 0.25) is 0 Å². The summed E-state index contributed by atoms with van der Waals surface area (Å²) in [5, 5.41) is 4.62. The van der Waals surface area contributed by atoms with E-state index in [0.717, 1.165) is 31.7 Å². The quantitative estimate of drug-likeness (QED) is 0.827. The standard InChI is InChI=1S/C21H29FN4O/c1-14(2)13-26-21(27)20(25-10-8-24(5)9-11-25)16(4)19(23-26)17-7-6-15(3)18(22)12-17/h6-7,12,14H,8-11,13H2,1-5H3. The number of piperazine rings is 1. The van der Waals surface area contributed by atoms with Crippen LogP contribution in [-0.2, 0) is 6.54 Å². The average molecular weight is 372 g/mol. The highest BCUT2D eigenvalue weighted by molar-refractivity contribution is 5.70. The van der Waals surface area contributed by atoms with Gasteiger partial charge in [-0.3, -0.25) is 4.79 Å². The third-order valence-electron chi connectivity index (χ3n) is 5.17. The van der Waals surface area contributed by atoms with Gasteiger partial charge >= 0.3 is 0 Å². The molecule has 0 unspecified atom stereocenters. The first kappa shape index (κ1) is 19.5. The van der Waals surface area contributed by atoms with E-state index in [0.29, 0.717) is 35.0 Å². The molecule has 1 aromatic carbocycles. The Labute approximate surface area is 160 Å². The molecule has 3 rings (SSSR count). The fourth-order valence-corrected chi connectivity index (χ4v) is 3.52. The molecule has 0 bridgehead atoms. The molecule has 2 heterocycles. The Kier molecular flexibility index (Phi) is 5.65. The number of aryl methyl sites for hydroxylation is 1. The molecule has 1 aromatic heterocycles. The van der Waals surface area contributed by atoms with Gasteiger partial charge < -0.3 is 9.80 Å². The zero-order valence-electron chi connectivity index (χ0n) is 16.9. The zero-order chi connectivity index (χ0) is 19.7. The van der Waals surface area contributed by atoms with Crippen LogP contribution < -0.4 is 10.5 Å². The van der Waals surface area contributed by atoms with Crippen molar-refractivity contribution < 1.29 is 4.39 Å². The minimum Gasteiger partial charge on any atom is -0.364 e. The molecular formula is C21H29FN4O. The minimum absolute atomic E-state index is 0.0536. The Morgan fingerprint density at radius 1 is 1.15 bits per heavy atom. The highest BCUT2D eigenvalue weighted by Gasteiger charge is 2.23. The van der Waals surface area contributed by atoms with Crippen LogP contribution in [0.4, 0.5) is 10.1 Å². The molecule has 0 amide bonds. The summed E-state index contributed by atoms with van der Waals surface area (Å²) in [5.41, 5.74) is 3.47. The molecule has 0 radical (unpaired) electrons. The van der Waals surface area contributed by atoms with Crippen LogP contribution in [0.3, 0.4) is 0 Å². The minimum atomic E-state index is -0.253. The summed E-state index contributed by atoms with van der Waals surface area (Å²) in [5.74, 6) is 0.0392. The van der Waals surface area contributed by atoms with E-state index in [1.165, 1.54) is 6.07 Å². The number of nitrogens with zero attached hydrogens (tertiary/aromatic N) is 4. The van der Waals surface area contributed by atoms with Gasteiger partial charge in [-0.05, 0) is 38.4 Å². The van der Waals surface area contributed by atoms with Crippen molar-refractivity contribution in [1.29, 1.82) is 0 Å². The molecule has 1 aliphatic rings. The largest absolute Gasteiger partial charge is 0.364 e.